The molecule has 0 amide bonds. The van der Waals surface area contributed by atoms with Crippen molar-refractivity contribution in [1.82, 2.24) is 0 Å². The van der Waals surface area contributed by atoms with Crippen molar-refractivity contribution in [3.05, 3.63) is 0 Å². The van der Waals surface area contributed by atoms with Crippen LogP contribution in [0.15, 0.2) is 0 Å². The van der Waals surface area contributed by atoms with Gasteiger partial charge >= 0.3 is 0 Å². The van der Waals surface area contributed by atoms with E-state index in [9.17, 15) is 18.2 Å². The fourth-order valence-electron chi connectivity index (χ4n) is 0.616. The smallest absolute Gasteiger partial charge is 0.170 e. The molecule has 0 radical (unpaired) electrons. The van der Waals surface area contributed by atoms with Crippen molar-refractivity contribution >= 4 is 34.3 Å². The highest BCUT2D eigenvalue weighted by Gasteiger charge is 2.25. The lowest BCUT2D eigenvalue weighted by Gasteiger charge is -2.20. The van der Waals surface area contributed by atoms with Gasteiger partial charge in [0.2, 0.25) is 0 Å². The minimum atomic E-state index is -3.31. The summed E-state index contributed by atoms with van der Waals surface area (Å²) < 4.78 is 22.3. The lowest BCUT2D eigenvalue weighted by Crippen LogP contribution is -2.11. The van der Waals surface area contributed by atoms with Crippen LogP contribution in [0.25, 0.3) is 0 Å². The molecule has 0 aliphatic carbocycles. The van der Waals surface area contributed by atoms with Crippen LogP contribution in [0.4, 0.5) is 0 Å². The topological polar surface area (TPSA) is 74.6 Å². The molecular weight excluding hydrogens is 251 g/mol. The maximum atomic E-state index is 11.2. The Hall–Kier alpha value is 1.000. The molecule has 0 aromatic heterocycles. The standard InChI is InChI=1S/C5H15O4PS3/c1-5(2)10(6,7)13(11(3)8)12(4)9/h5-7H,1-4H3. The van der Waals surface area contributed by atoms with Crippen LogP contribution in [-0.2, 0) is 27.8 Å². The first-order valence-corrected chi connectivity index (χ1v) is 11.2. The lowest BCUT2D eigenvalue weighted by atomic mass is 10.6. The molecule has 4 nitrogen and oxygen atoms in total. The lowest BCUT2D eigenvalue weighted by molar-refractivity contribution is 0.468. The van der Waals surface area contributed by atoms with Crippen LogP contribution < -0.4 is 0 Å². The summed E-state index contributed by atoms with van der Waals surface area (Å²) in [5.74, 6) is 0. The molecule has 13 heavy (non-hydrogen) atoms. The highest BCUT2D eigenvalue weighted by Crippen LogP contribution is 2.48. The van der Waals surface area contributed by atoms with Crippen molar-refractivity contribution < 1.29 is 18.2 Å². The second-order valence-electron chi connectivity index (χ2n) is 2.70. The number of hydrogen-bond donors (Lipinski definition) is 2. The van der Waals surface area contributed by atoms with Crippen LogP contribution in [0.5, 0.6) is 0 Å². The molecule has 0 heterocycles. The van der Waals surface area contributed by atoms with E-state index < -0.39 is 34.3 Å². The molecule has 0 saturated heterocycles. The van der Waals surface area contributed by atoms with E-state index in [0.717, 1.165) is 0 Å². The monoisotopic (exact) mass is 266 g/mol. The Morgan fingerprint density at radius 2 is 1.38 bits per heavy atom. The molecular formula is C5H15O4PS3. The first kappa shape index (κ1) is 14.0. The van der Waals surface area contributed by atoms with Gasteiger partial charge in [0.05, 0.1) is 19.7 Å². The summed E-state index contributed by atoms with van der Waals surface area (Å²) in [7, 11) is -4.19. The molecule has 2 N–H and O–H groups in total. The van der Waals surface area contributed by atoms with Gasteiger partial charge in [-0.3, -0.25) is 0 Å². The Morgan fingerprint density at radius 3 is 1.46 bits per heavy atom. The van der Waals surface area contributed by atoms with Crippen LogP contribution in [-0.4, -0.2) is 36.4 Å². The van der Waals surface area contributed by atoms with E-state index in [1.165, 1.54) is 12.5 Å². The van der Waals surface area contributed by atoms with Crippen molar-refractivity contribution in [1.29, 1.82) is 0 Å². The quantitative estimate of drug-likeness (QED) is 0.571. The maximum absolute atomic E-state index is 11.2. The first-order chi connectivity index (χ1) is 5.71. The predicted octanol–water partition coefficient (Wildman–Crippen LogP) is 0.347. The Morgan fingerprint density at radius 1 is 1.08 bits per heavy atom. The Labute approximate surface area is 84.6 Å². The third-order valence-electron chi connectivity index (χ3n) is 1.29. The molecule has 0 rings (SSSR count). The van der Waals surface area contributed by atoms with Crippen LogP contribution in [0.1, 0.15) is 13.8 Å². The zero-order valence-electron chi connectivity index (χ0n) is 7.96. The highest BCUT2D eigenvalue weighted by molar-refractivity contribution is 9.04. The molecule has 0 spiro atoms. The van der Waals surface area contributed by atoms with E-state index in [4.69, 9.17) is 0 Å². The second kappa shape index (κ2) is 5.19. The van der Waals surface area contributed by atoms with Gasteiger partial charge in [-0.2, -0.15) is 0 Å². The van der Waals surface area contributed by atoms with E-state index in [-0.39, 0.29) is 5.66 Å². The minimum absolute atomic E-state index is 0.386. The van der Waals surface area contributed by atoms with Crippen LogP contribution >= 0.6 is 6.49 Å². The summed E-state index contributed by atoms with van der Waals surface area (Å²) >= 11 is 0. The summed E-state index contributed by atoms with van der Waals surface area (Å²) in [6, 6.07) is 0. The Bertz CT molecular complexity index is 276. The molecule has 0 bridgehead atoms. The highest BCUT2D eigenvalue weighted by atomic mass is 33.6. The molecule has 8 heteroatoms. The van der Waals surface area contributed by atoms with Gasteiger partial charge in [-0.05, 0) is 0 Å². The predicted molar refractivity (Wildman–Crippen MR) is 62.0 cm³/mol. The molecule has 0 aliphatic rings. The summed E-state index contributed by atoms with van der Waals surface area (Å²) in [5.41, 5.74) is -0.386. The van der Waals surface area contributed by atoms with Crippen molar-refractivity contribution in [3.8, 4) is 0 Å². The third kappa shape index (κ3) is 3.57. The van der Waals surface area contributed by atoms with Gasteiger partial charge in [0.1, 0.15) is 0 Å². The van der Waals surface area contributed by atoms with E-state index in [0.29, 0.717) is 0 Å². The largest absolute Gasteiger partial charge is 0.348 e. The third-order valence-corrected chi connectivity index (χ3v) is 20.0. The van der Waals surface area contributed by atoms with Crippen molar-refractivity contribution in [3.63, 3.8) is 0 Å². The van der Waals surface area contributed by atoms with Gasteiger partial charge in [0.15, 0.2) is 6.49 Å². The zero-order chi connectivity index (χ0) is 10.8. The van der Waals surface area contributed by atoms with Crippen LogP contribution in [0.2, 0.25) is 0 Å². The van der Waals surface area contributed by atoms with Gasteiger partial charge in [0, 0.05) is 26.3 Å². The van der Waals surface area contributed by atoms with Gasteiger partial charge < -0.3 is 9.79 Å². The van der Waals surface area contributed by atoms with E-state index >= 15 is 0 Å². The summed E-state index contributed by atoms with van der Waals surface area (Å²) in [4.78, 5) is 19.4. The van der Waals surface area contributed by atoms with Gasteiger partial charge in [-0.25, -0.2) is 8.42 Å². The van der Waals surface area contributed by atoms with Crippen molar-refractivity contribution in [2.45, 2.75) is 19.5 Å². The molecule has 2 atom stereocenters. The average molecular weight is 266 g/mol. The van der Waals surface area contributed by atoms with E-state index in [2.05, 4.69) is 0 Å². The molecule has 0 aromatic rings. The normalized spacial score (nSPS) is 19.9. The zero-order valence-corrected chi connectivity index (χ0v) is 11.3. The van der Waals surface area contributed by atoms with Gasteiger partial charge in [-0.15, -0.1) is 0 Å². The molecule has 0 saturated carbocycles. The van der Waals surface area contributed by atoms with Gasteiger partial charge in [-0.1, -0.05) is 13.8 Å². The molecule has 0 aromatic carbocycles. The second-order valence-corrected chi connectivity index (χ2v) is 16.6. The molecule has 0 aliphatic heterocycles. The summed E-state index contributed by atoms with van der Waals surface area (Å²) in [6.07, 6.45) is 2.71. The Kier molecular flexibility index (Phi) is 5.58. The first-order valence-electron chi connectivity index (χ1n) is 3.48. The van der Waals surface area contributed by atoms with Crippen molar-refractivity contribution in [2.75, 3.05) is 12.5 Å². The van der Waals surface area contributed by atoms with Crippen LogP contribution in [0, 0.1) is 0 Å². The minimum Gasteiger partial charge on any atom is -0.348 e. The summed E-state index contributed by atoms with van der Waals surface area (Å²) in [5, 5.41) is 0. The molecule has 0 fully saturated rings. The van der Waals surface area contributed by atoms with Crippen LogP contribution in [0.3, 0.4) is 0 Å². The maximum Gasteiger partial charge on any atom is 0.170 e. The van der Waals surface area contributed by atoms with Crippen molar-refractivity contribution in [2.24, 2.45) is 0 Å². The summed E-state index contributed by atoms with van der Waals surface area (Å²) in [6.45, 7) is -0.0445. The number of hydrogen-bond acceptors (Lipinski definition) is 2. The van der Waals surface area contributed by atoms with E-state index in [1.807, 2.05) is 0 Å². The average Bonchev–Trinajstić information content (AvgIpc) is 1.82. The Balaban J connectivity index is 5.59. The molecule has 2 unspecified atom stereocenters. The fourth-order valence-corrected chi connectivity index (χ4v) is 16.6. The van der Waals surface area contributed by atoms with Gasteiger partial charge in [0.25, 0.3) is 0 Å². The van der Waals surface area contributed by atoms with E-state index in [1.54, 1.807) is 13.8 Å². The number of rotatable bonds is 3. The SMILES string of the molecule is CC(C)P(O)(O)=S(S(C)=O)S(C)=O. The fraction of sp³-hybridized carbons (Fsp3) is 1.00. The molecule has 82 valence electrons.